The Hall–Kier alpha value is -3.90. The van der Waals surface area contributed by atoms with Crippen LogP contribution >= 0.6 is 11.6 Å². The number of para-hydroxylation sites is 1. The average molecular weight is 473 g/mol. The molecule has 0 saturated carbocycles. The quantitative estimate of drug-likeness (QED) is 0.354. The number of aromatic nitrogens is 1. The van der Waals surface area contributed by atoms with E-state index in [4.69, 9.17) is 22.3 Å². The number of primary amides is 1. The largest absolute Gasteiger partial charge is 0.350 e. The van der Waals surface area contributed by atoms with E-state index in [1.165, 1.54) is 5.56 Å². The van der Waals surface area contributed by atoms with Crippen molar-refractivity contribution in [3.8, 4) is 11.3 Å². The lowest BCUT2D eigenvalue weighted by atomic mass is 9.86. The zero-order valence-corrected chi connectivity index (χ0v) is 19.9. The number of amides is 3. The summed E-state index contributed by atoms with van der Waals surface area (Å²) >= 11 is 6.05. The van der Waals surface area contributed by atoms with E-state index >= 15 is 0 Å². The fourth-order valence-corrected chi connectivity index (χ4v) is 3.86. The van der Waals surface area contributed by atoms with Gasteiger partial charge >= 0.3 is 6.03 Å². The fourth-order valence-electron chi connectivity index (χ4n) is 3.68. The van der Waals surface area contributed by atoms with Gasteiger partial charge in [0.2, 0.25) is 0 Å². The smallest absolute Gasteiger partial charge is 0.338 e. The first-order valence-electron chi connectivity index (χ1n) is 10.8. The lowest BCUT2D eigenvalue weighted by Gasteiger charge is -2.22. The van der Waals surface area contributed by atoms with Gasteiger partial charge in [-0.3, -0.25) is 10.2 Å². The van der Waals surface area contributed by atoms with Gasteiger partial charge < -0.3 is 5.73 Å². The first kappa shape index (κ1) is 23.3. The van der Waals surface area contributed by atoms with Gasteiger partial charge in [0, 0.05) is 16.0 Å². The molecule has 4 aromatic rings. The molecule has 0 aliphatic carbocycles. The first-order chi connectivity index (χ1) is 16.1. The van der Waals surface area contributed by atoms with Crippen LogP contribution in [0, 0.1) is 0 Å². The van der Waals surface area contributed by atoms with Crippen LogP contribution in [-0.4, -0.2) is 16.9 Å². The van der Waals surface area contributed by atoms with E-state index in [2.05, 4.69) is 38.3 Å². The number of pyridine rings is 1. The van der Waals surface area contributed by atoms with Crippen molar-refractivity contribution < 1.29 is 9.59 Å². The second-order valence-electron chi connectivity index (χ2n) is 8.99. The van der Waals surface area contributed by atoms with Gasteiger partial charge in [0.15, 0.2) is 0 Å². The fraction of sp³-hybridized carbons (Fsp3) is 0.148. The summed E-state index contributed by atoms with van der Waals surface area (Å²) in [5.74, 6) is -0.495. The molecule has 0 spiro atoms. The van der Waals surface area contributed by atoms with E-state index in [0.29, 0.717) is 32.9 Å². The SMILES string of the molecule is CC(C)(C)c1ccc(-c2cc(C(=O)NN(C(N)=O)c3cccc(Cl)c3)c3ccccc3n2)cc1. The number of anilines is 1. The molecule has 3 amide bonds. The molecular formula is C27H25ClN4O2. The van der Waals surface area contributed by atoms with Crippen molar-refractivity contribution in [3.05, 3.63) is 95.0 Å². The Balaban J connectivity index is 1.75. The first-order valence-corrected chi connectivity index (χ1v) is 11.2. The number of rotatable bonds is 3. The molecular weight excluding hydrogens is 448 g/mol. The van der Waals surface area contributed by atoms with Crippen LogP contribution in [0.25, 0.3) is 22.2 Å². The van der Waals surface area contributed by atoms with Crippen LogP contribution in [0.4, 0.5) is 10.5 Å². The summed E-state index contributed by atoms with van der Waals surface area (Å²) in [5, 5.41) is 2.04. The Labute approximate surface area is 203 Å². The normalized spacial score (nSPS) is 11.3. The number of urea groups is 1. The number of fused-ring (bicyclic) bond motifs is 1. The van der Waals surface area contributed by atoms with Gasteiger partial charge in [-0.25, -0.2) is 14.8 Å². The van der Waals surface area contributed by atoms with Crippen LogP contribution in [-0.2, 0) is 5.41 Å². The van der Waals surface area contributed by atoms with Gasteiger partial charge in [-0.05, 0) is 41.3 Å². The molecule has 0 radical (unpaired) electrons. The molecule has 34 heavy (non-hydrogen) atoms. The summed E-state index contributed by atoms with van der Waals surface area (Å²) in [7, 11) is 0. The summed E-state index contributed by atoms with van der Waals surface area (Å²) in [6, 6.07) is 22.9. The van der Waals surface area contributed by atoms with Crippen molar-refractivity contribution in [2.24, 2.45) is 5.73 Å². The molecule has 0 saturated heterocycles. The van der Waals surface area contributed by atoms with Crippen molar-refractivity contribution in [2.75, 3.05) is 5.01 Å². The average Bonchev–Trinajstić information content (AvgIpc) is 2.81. The number of hydrogen-bond acceptors (Lipinski definition) is 3. The molecule has 0 unspecified atom stereocenters. The standard InChI is InChI=1S/C27H25ClN4O2/c1-27(2,3)18-13-11-17(12-14-18)24-16-22(21-9-4-5-10-23(21)30-24)25(33)31-32(26(29)34)20-8-6-7-19(28)15-20/h4-16H,1-3H3,(H2,29,34)(H,31,33). The molecule has 7 heteroatoms. The molecule has 1 aromatic heterocycles. The van der Waals surface area contributed by atoms with Crippen LogP contribution in [0.1, 0.15) is 36.7 Å². The van der Waals surface area contributed by atoms with Gasteiger partial charge in [0.05, 0.1) is 22.5 Å². The van der Waals surface area contributed by atoms with E-state index in [0.717, 1.165) is 10.6 Å². The summed E-state index contributed by atoms with van der Waals surface area (Å²) in [6.45, 7) is 6.47. The summed E-state index contributed by atoms with van der Waals surface area (Å²) in [4.78, 5) is 30.3. The maximum absolute atomic E-state index is 13.4. The number of halogens is 1. The van der Waals surface area contributed by atoms with Gasteiger partial charge in [-0.2, -0.15) is 0 Å². The highest BCUT2D eigenvalue weighted by Crippen LogP contribution is 2.28. The van der Waals surface area contributed by atoms with E-state index in [-0.39, 0.29) is 5.41 Å². The topological polar surface area (TPSA) is 88.3 Å². The maximum Gasteiger partial charge on any atom is 0.338 e. The van der Waals surface area contributed by atoms with Crippen molar-refractivity contribution in [1.29, 1.82) is 0 Å². The second kappa shape index (κ2) is 9.15. The molecule has 172 valence electrons. The van der Waals surface area contributed by atoms with Crippen molar-refractivity contribution in [3.63, 3.8) is 0 Å². The van der Waals surface area contributed by atoms with Crippen LogP contribution in [0.3, 0.4) is 0 Å². The molecule has 3 N–H and O–H groups in total. The maximum atomic E-state index is 13.4. The predicted molar refractivity (Wildman–Crippen MR) is 137 cm³/mol. The Morgan fingerprint density at radius 3 is 2.29 bits per heavy atom. The lowest BCUT2D eigenvalue weighted by molar-refractivity contribution is 0.0952. The Morgan fingerprint density at radius 2 is 1.65 bits per heavy atom. The summed E-state index contributed by atoms with van der Waals surface area (Å²) in [6.07, 6.45) is 0. The molecule has 0 aliphatic heterocycles. The second-order valence-corrected chi connectivity index (χ2v) is 9.43. The third-order valence-corrected chi connectivity index (χ3v) is 5.74. The van der Waals surface area contributed by atoms with Crippen LogP contribution in [0.15, 0.2) is 78.9 Å². The molecule has 3 aromatic carbocycles. The molecule has 1 heterocycles. The highest BCUT2D eigenvalue weighted by Gasteiger charge is 2.20. The van der Waals surface area contributed by atoms with E-state index < -0.39 is 11.9 Å². The minimum Gasteiger partial charge on any atom is -0.350 e. The monoisotopic (exact) mass is 472 g/mol. The minimum absolute atomic E-state index is 0.0267. The number of hydrazine groups is 1. The zero-order chi connectivity index (χ0) is 24.5. The highest BCUT2D eigenvalue weighted by atomic mass is 35.5. The van der Waals surface area contributed by atoms with Crippen molar-refractivity contribution in [1.82, 2.24) is 10.4 Å². The third kappa shape index (κ3) is 4.87. The third-order valence-electron chi connectivity index (χ3n) is 5.51. The number of carbonyl (C=O) groups excluding carboxylic acids is 2. The highest BCUT2D eigenvalue weighted by molar-refractivity contribution is 6.31. The van der Waals surface area contributed by atoms with E-state index in [9.17, 15) is 9.59 Å². The number of nitrogens with one attached hydrogen (secondary N) is 1. The van der Waals surface area contributed by atoms with Gasteiger partial charge in [-0.15, -0.1) is 0 Å². The number of nitrogens with two attached hydrogens (primary N) is 1. The minimum atomic E-state index is -0.841. The molecule has 0 fully saturated rings. The molecule has 0 atom stereocenters. The zero-order valence-electron chi connectivity index (χ0n) is 19.2. The number of benzene rings is 3. The Morgan fingerprint density at radius 1 is 0.941 bits per heavy atom. The number of carbonyl (C=O) groups is 2. The number of hydrogen-bond donors (Lipinski definition) is 2. The van der Waals surface area contributed by atoms with Crippen molar-refractivity contribution in [2.45, 2.75) is 26.2 Å². The van der Waals surface area contributed by atoms with Gasteiger partial charge in [0.25, 0.3) is 5.91 Å². The van der Waals surface area contributed by atoms with E-state index in [1.54, 1.807) is 30.3 Å². The van der Waals surface area contributed by atoms with Crippen LogP contribution < -0.4 is 16.2 Å². The summed E-state index contributed by atoms with van der Waals surface area (Å²) in [5.41, 5.74) is 12.3. The summed E-state index contributed by atoms with van der Waals surface area (Å²) < 4.78 is 0. The molecule has 4 rings (SSSR count). The van der Waals surface area contributed by atoms with Crippen LogP contribution in [0.5, 0.6) is 0 Å². The van der Waals surface area contributed by atoms with Crippen molar-refractivity contribution >= 4 is 40.1 Å². The van der Waals surface area contributed by atoms with Gasteiger partial charge in [0.1, 0.15) is 0 Å². The van der Waals surface area contributed by atoms with Gasteiger partial charge in [-0.1, -0.05) is 80.9 Å². The predicted octanol–water partition coefficient (Wildman–Crippen LogP) is 6.08. The molecule has 0 bridgehead atoms. The Bertz CT molecular complexity index is 1380. The van der Waals surface area contributed by atoms with E-state index in [1.807, 2.05) is 36.4 Å². The van der Waals surface area contributed by atoms with Crippen LogP contribution in [0.2, 0.25) is 5.02 Å². The Kier molecular flexibility index (Phi) is 6.26. The molecule has 6 nitrogen and oxygen atoms in total. The number of nitrogens with zero attached hydrogens (tertiary/aromatic N) is 2. The lowest BCUT2D eigenvalue weighted by Crippen LogP contribution is -2.49. The molecule has 0 aliphatic rings.